The number of rotatable bonds is 5. The number of aromatic amines is 1. The summed E-state index contributed by atoms with van der Waals surface area (Å²) in [7, 11) is 0. The van der Waals surface area contributed by atoms with E-state index in [1.165, 1.54) is 12.1 Å². The van der Waals surface area contributed by atoms with Crippen molar-refractivity contribution >= 4 is 5.82 Å². The van der Waals surface area contributed by atoms with Gasteiger partial charge < -0.3 is 4.74 Å². The van der Waals surface area contributed by atoms with Gasteiger partial charge in [-0.05, 0) is 53.6 Å². The summed E-state index contributed by atoms with van der Waals surface area (Å²) in [5.41, 5.74) is 10.5. The lowest BCUT2D eigenvalue weighted by Crippen LogP contribution is -2.16. The van der Waals surface area contributed by atoms with E-state index >= 15 is 0 Å². The maximum atomic E-state index is 13.3. The molecule has 146 valence electrons. The molecule has 0 saturated heterocycles. The number of ether oxygens (including phenoxy) is 1. The summed E-state index contributed by atoms with van der Waals surface area (Å²) in [5, 5.41) is 9.65. The Labute approximate surface area is 174 Å². The molecule has 0 radical (unpaired) electrons. The zero-order chi connectivity index (χ0) is 20.9. The molecule has 0 bridgehead atoms. The zero-order valence-electron chi connectivity index (χ0n) is 16.1. The average Bonchev–Trinajstić information content (AvgIpc) is 2.78. The summed E-state index contributed by atoms with van der Waals surface area (Å²) in [6.45, 7) is 0.445. The number of nitrogens with one attached hydrogen (secondary N) is 1. The number of nitrogens with zero attached hydrogens (tertiary/aromatic N) is 1. The largest absolute Gasteiger partial charge is 0.489 e. The van der Waals surface area contributed by atoms with Gasteiger partial charge in [0.15, 0.2) is 0 Å². The number of nitriles is 1. The van der Waals surface area contributed by atoms with Crippen molar-refractivity contribution < 1.29 is 14.1 Å². The number of nitrogens with two attached hydrogens (primary N) is 1. The van der Waals surface area contributed by atoms with E-state index in [1.54, 1.807) is 12.1 Å². The topological polar surface area (TPSA) is 73.2 Å². The number of anilines is 1. The fraction of sp³-hybridized carbons (Fsp3) is 0.0400. The quantitative estimate of drug-likeness (QED) is 0.515. The van der Waals surface area contributed by atoms with Crippen molar-refractivity contribution in [2.24, 2.45) is 0 Å². The molecule has 0 atom stereocenters. The molecule has 0 unspecified atom stereocenters. The van der Waals surface area contributed by atoms with E-state index in [9.17, 15) is 9.65 Å². The smallest absolute Gasteiger partial charge is 0.289 e. The van der Waals surface area contributed by atoms with Crippen LogP contribution in [0.1, 0.15) is 11.1 Å². The lowest BCUT2D eigenvalue weighted by molar-refractivity contribution is -0.346. The van der Waals surface area contributed by atoms with Crippen molar-refractivity contribution in [3.63, 3.8) is 0 Å². The normalized spacial score (nSPS) is 10.4. The summed E-state index contributed by atoms with van der Waals surface area (Å²) >= 11 is 0. The van der Waals surface area contributed by atoms with E-state index in [2.05, 4.69) is 11.1 Å². The van der Waals surface area contributed by atoms with Crippen LogP contribution in [0.3, 0.4) is 0 Å². The SMILES string of the molecule is N#Cc1c(-c2cccc(OCc3ccccc3)c2)cc(-c2ccc(F)cc2)[nH+]c1N. The molecule has 0 aliphatic carbocycles. The van der Waals surface area contributed by atoms with Crippen LogP contribution in [0.2, 0.25) is 0 Å². The van der Waals surface area contributed by atoms with Crippen LogP contribution in [0.5, 0.6) is 5.75 Å². The average molecular weight is 396 g/mol. The standard InChI is InChI=1S/C25H18FN3O/c26-20-11-9-18(10-12-20)24-14-22(23(15-27)25(28)29-24)19-7-4-8-21(13-19)30-16-17-5-2-1-3-6-17/h1-14H,16H2,(H2,28,29)/p+1. The number of benzene rings is 3. The minimum absolute atomic E-state index is 0.255. The van der Waals surface area contributed by atoms with Gasteiger partial charge in [-0.2, -0.15) is 5.26 Å². The third-order valence-corrected chi connectivity index (χ3v) is 4.76. The van der Waals surface area contributed by atoms with Gasteiger partial charge in [0.25, 0.3) is 5.82 Å². The van der Waals surface area contributed by atoms with E-state index in [0.29, 0.717) is 29.2 Å². The predicted octanol–water partition coefficient (Wildman–Crippen LogP) is 5.01. The van der Waals surface area contributed by atoms with Crippen molar-refractivity contribution in [2.45, 2.75) is 6.61 Å². The number of aromatic nitrogens is 1. The molecule has 1 aromatic heterocycles. The molecule has 0 aliphatic rings. The van der Waals surface area contributed by atoms with Crippen molar-refractivity contribution in [2.75, 3.05) is 5.73 Å². The van der Waals surface area contributed by atoms with Gasteiger partial charge in [0.1, 0.15) is 35.5 Å². The monoisotopic (exact) mass is 396 g/mol. The first-order valence-corrected chi connectivity index (χ1v) is 9.43. The molecular formula is C25H19FN3O+. The van der Waals surface area contributed by atoms with Gasteiger partial charge in [-0.15, -0.1) is 0 Å². The first kappa shape index (κ1) is 19.2. The van der Waals surface area contributed by atoms with E-state index < -0.39 is 0 Å². The summed E-state index contributed by atoms with van der Waals surface area (Å²) in [6, 6.07) is 27.5. The van der Waals surface area contributed by atoms with Crippen LogP contribution in [0, 0.1) is 17.1 Å². The molecule has 3 aromatic carbocycles. The van der Waals surface area contributed by atoms with Crippen LogP contribution >= 0.6 is 0 Å². The number of nitrogen functional groups attached to an aromatic ring is 1. The van der Waals surface area contributed by atoms with Crippen molar-refractivity contribution in [3.8, 4) is 34.2 Å². The molecule has 0 fully saturated rings. The molecule has 0 spiro atoms. The third kappa shape index (κ3) is 4.13. The number of H-pyrrole nitrogens is 1. The van der Waals surface area contributed by atoms with E-state index in [1.807, 2.05) is 60.7 Å². The maximum Gasteiger partial charge on any atom is 0.289 e. The highest BCUT2D eigenvalue weighted by molar-refractivity contribution is 5.78. The summed E-state index contributed by atoms with van der Waals surface area (Å²) in [6.07, 6.45) is 0. The summed E-state index contributed by atoms with van der Waals surface area (Å²) < 4.78 is 19.2. The van der Waals surface area contributed by atoms with Crippen molar-refractivity contribution in [3.05, 3.63) is 102 Å². The number of hydrogen-bond donors (Lipinski definition) is 1. The summed E-state index contributed by atoms with van der Waals surface area (Å²) in [4.78, 5) is 3.04. The second-order valence-corrected chi connectivity index (χ2v) is 6.81. The Morgan fingerprint density at radius 2 is 1.67 bits per heavy atom. The van der Waals surface area contributed by atoms with Crippen LogP contribution in [0.15, 0.2) is 84.9 Å². The first-order chi connectivity index (χ1) is 14.6. The molecule has 0 aliphatic heterocycles. The first-order valence-electron chi connectivity index (χ1n) is 9.43. The maximum absolute atomic E-state index is 13.3. The van der Waals surface area contributed by atoms with Gasteiger partial charge in [-0.3, -0.25) is 5.73 Å². The fourth-order valence-electron chi connectivity index (χ4n) is 3.23. The number of pyridine rings is 1. The Kier molecular flexibility index (Phi) is 5.40. The predicted molar refractivity (Wildman–Crippen MR) is 114 cm³/mol. The van der Waals surface area contributed by atoms with Gasteiger partial charge >= 0.3 is 0 Å². The molecule has 3 N–H and O–H groups in total. The molecule has 30 heavy (non-hydrogen) atoms. The molecular weight excluding hydrogens is 377 g/mol. The zero-order valence-corrected chi connectivity index (χ0v) is 16.1. The summed E-state index contributed by atoms with van der Waals surface area (Å²) in [5.74, 6) is 0.628. The Balaban J connectivity index is 1.70. The molecule has 0 amide bonds. The van der Waals surface area contributed by atoms with Gasteiger partial charge in [0.05, 0.1) is 0 Å². The minimum atomic E-state index is -0.316. The molecule has 4 rings (SSSR count). The molecule has 1 heterocycles. The lowest BCUT2D eigenvalue weighted by Gasteiger charge is -2.10. The van der Waals surface area contributed by atoms with E-state index in [4.69, 9.17) is 10.5 Å². The highest BCUT2D eigenvalue weighted by Crippen LogP contribution is 2.31. The van der Waals surface area contributed by atoms with Crippen LogP contribution in [0.25, 0.3) is 22.4 Å². The second-order valence-electron chi connectivity index (χ2n) is 6.81. The van der Waals surface area contributed by atoms with Crippen molar-refractivity contribution in [1.29, 1.82) is 5.26 Å². The molecule has 4 aromatic rings. The van der Waals surface area contributed by atoms with Crippen LogP contribution in [0.4, 0.5) is 10.2 Å². The van der Waals surface area contributed by atoms with Gasteiger partial charge in [-0.1, -0.05) is 42.5 Å². The van der Waals surface area contributed by atoms with Crippen molar-refractivity contribution in [1.82, 2.24) is 0 Å². The highest BCUT2D eigenvalue weighted by Gasteiger charge is 2.17. The van der Waals surface area contributed by atoms with Crippen LogP contribution in [-0.4, -0.2) is 0 Å². The fourth-order valence-corrected chi connectivity index (χ4v) is 3.23. The Morgan fingerprint density at radius 3 is 2.40 bits per heavy atom. The molecule has 5 heteroatoms. The van der Waals surface area contributed by atoms with Gasteiger partial charge in [0, 0.05) is 11.1 Å². The van der Waals surface area contributed by atoms with Crippen LogP contribution in [-0.2, 0) is 6.61 Å². The molecule has 0 saturated carbocycles. The Bertz CT molecular complexity index is 1220. The van der Waals surface area contributed by atoms with Gasteiger partial charge in [0.2, 0.25) is 0 Å². The minimum Gasteiger partial charge on any atom is -0.489 e. The van der Waals surface area contributed by atoms with Crippen LogP contribution < -0.4 is 15.5 Å². The number of halogens is 1. The van der Waals surface area contributed by atoms with Gasteiger partial charge in [-0.25, -0.2) is 9.37 Å². The Morgan fingerprint density at radius 1 is 0.900 bits per heavy atom. The highest BCUT2D eigenvalue weighted by atomic mass is 19.1. The van der Waals surface area contributed by atoms with E-state index in [-0.39, 0.29) is 11.6 Å². The lowest BCUT2D eigenvalue weighted by atomic mass is 9.98. The van der Waals surface area contributed by atoms with E-state index in [0.717, 1.165) is 16.7 Å². The third-order valence-electron chi connectivity index (χ3n) is 4.76. The number of hydrogen-bond acceptors (Lipinski definition) is 3. The molecule has 4 nitrogen and oxygen atoms in total. The second kappa shape index (κ2) is 8.46. The Hall–Kier alpha value is -4.17.